The van der Waals surface area contributed by atoms with Crippen molar-refractivity contribution < 1.29 is 4.74 Å². The van der Waals surface area contributed by atoms with Gasteiger partial charge in [-0.15, -0.1) is 0 Å². The molecule has 1 N–H and O–H groups in total. The molecule has 1 aromatic carbocycles. The van der Waals surface area contributed by atoms with Crippen molar-refractivity contribution in [2.24, 2.45) is 0 Å². The lowest BCUT2D eigenvalue weighted by molar-refractivity contribution is 0.414. The summed E-state index contributed by atoms with van der Waals surface area (Å²) in [7, 11) is 1.68. The Bertz CT molecular complexity index is 792. The zero-order valence-electron chi connectivity index (χ0n) is 13.0. The van der Waals surface area contributed by atoms with Crippen molar-refractivity contribution in [1.29, 1.82) is 5.26 Å². The van der Waals surface area contributed by atoms with Crippen LogP contribution >= 0.6 is 0 Å². The number of fused-ring (bicyclic) bond motifs is 1. The van der Waals surface area contributed by atoms with E-state index in [1.54, 1.807) is 13.3 Å². The van der Waals surface area contributed by atoms with Gasteiger partial charge in [0.05, 0.1) is 19.3 Å². The van der Waals surface area contributed by atoms with E-state index in [0.29, 0.717) is 17.3 Å². The Hall–Kier alpha value is -2.61. The molecule has 1 heterocycles. The van der Waals surface area contributed by atoms with Gasteiger partial charge in [-0.25, -0.2) is 9.97 Å². The van der Waals surface area contributed by atoms with Crippen molar-refractivity contribution in [3.05, 3.63) is 46.9 Å². The molecule has 0 radical (unpaired) electrons. The minimum Gasteiger partial charge on any atom is -0.497 e. The Morgan fingerprint density at radius 1 is 1.30 bits per heavy atom. The summed E-state index contributed by atoms with van der Waals surface area (Å²) in [6, 6.07) is 8.55. The second kappa shape index (κ2) is 5.54. The second-order valence-corrected chi connectivity index (χ2v) is 6.18. The molecule has 1 atom stereocenters. The maximum absolute atomic E-state index is 9.32. The van der Waals surface area contributed by atoms with E-state index in [9.17, 15) is 5.26 Å². The first-order chi connectivity index (χ1) is 11.3. The third-order valence-electron chi connectivity index (χ3n) is 4.61. The number of aryl methyl sites for hydroxylation is 1. The van der Waals surface area contributed by atoms with Crippen molar-refractivity contribution in [2.75, 3.05) is 12.4 Å². The molecule has 1 saturated carbocycles. The first-order valence-electron chi connectivity index (χ1n) is 7.99. The van der Waals surface area contributed by atoms with Gasteiger partial charge in [0, 0.05) is 5.92 Å². The van der Waals surface area contributed by atoms with Crippen LogP contribution in [-0.2, 0) is 6.42 Å². The summed E-state index contributed by atoms with van der Waals surface area (Å²) in [6.45, 7) is 0. The van der Waals surface area contributed by atoms with Gasteiger partial charge < -0.3 is 10.1 Å². The summed E-state index contributed by atoms with van der Waals surface area (Å²) in [5.74, 6) is 2.85. The lowest BCUT2D eigenvalue weighted by Crippen LogP contribution is -2.11. The van der Waals surface area contributed by atoms with E-state index in [-0.39, 0.29) is 6.04 Å². The highest BCUT2D eigenvalue weighted by molar-refractivity contribution is 5.54. The predicted molar refractivity (Wildman–Crippen MR) is 86.4 cm³/mol. The van der Waals surface area contributed by atoms with E-state index >= 15 is 0 Å². The Morgan fingerprint density at radius 2 is 2.17 bits per heavy atom. The van der Waals surface area contributed by atoms with E-state index in [4.69, 9.17) is 4.74 Å². The SMILES string of the molecule is COc1ccc2c(c1)C(Nc1nc(C3CC3)ncc1C#N)CC2. The number of rotatable bonds is 4. The van der Waals surface area contributed by atoms with E-state index in [1.165, 1.54) is 11.1 Å². The average Bonchev–Trinajstić information content (AvgIpc) is 3.37. The molecule has 0 saturated heterocycles. The van der Waals surface area contributed by atoms with Crippen LogP contribution in [0, 0.1) is 11.3 Å². The van der Waals surface area contributed by atoms with Crippen LogP contribution in [0.2, 0.25) is 0 Å². The molecule has 1 fully saturated rings. The number of hydrogen-bond acceptors (Lipinski definition) is 5. The number of nitriles is 1. The van der Waals surface area contributed by atoms with Gasteiger partial charge in [0.25, 0.3) is 0 Å². The predicted octanol–water partition coefficient (Wildman–Crippen LogP) is 3.33. The van der Waals surface area contributed by atoms with Gasteiger partial charge in [0.2, 0.25) is 0 Å². The van der Waals surface area contributed by atoms with Crippen molar-refractivity contribution in [3.8, 4) is 11.8 Å². The summed E-state index contributed by atoms with van der Waals surface area (Å²) in [5.41, 5.74) is 3.07. The molecule has 0 amide bonds. The number of methoxy groups -OCH3 is 1. The normalized spacial score (nSPS) is 19.0. The number of anilines is 1. The van der Waals surface area contributed by atoms with Crippen molar-refractivity contribution in [1.82, 2.24) is 9.97 Å². The average molecular weight is 306 g/mol. The van der Waals surface area contributed by atoms with Crippen LogP contribution in [0.1, 0.15) is 53.7 Å². The van der Waals surface area contributed by atoms with Crippen molar-refractivity contribution in [2.45, 2.75) is 37.6 Å². The first kappa shape index (κ1) is 14.0. The lowest BCUT2D eigenvalue weighted by atomic mass is 10.1. The quantitative estimate of drug-likeness (QED) is 0.938. The molecule has 2 aromatic rings. The Morgan fingerprint density at radius 3 is 2.91 bits per heavy atom. The monoisotopic (exact) mass is 306 g/mol. The summed E-state index contributed by atoms with van der Waals surface area (Å²) in [5, 5.41) is 12.8. The Labute approximate surface area is 135 Å². The standard InChI is InChI=1S/C18H18N4O/c1-23-14-6-4-11-5-7-16(15(11)8-14)21-18-13(9-19)10-20-17(22-18)12-2-3-12/h4,6,8,10,12,16H,2-3,5,7H2,1H3,(H,20,21,22). The van der Waals surface area contributed by atoms with E-state index < -0.39 is 0 Å². The summed E-state index contributed by atoms with van der Waals surface area (Å²) in [6.07, 6.45) is 5.96. The summed E-state index contributed by atoms with van der Waals surface area (Å²) >= 11 is 0. The molecule has 116 valence electrons. The minimum atomic E-state index is 0.161. The van der Waals surface area contributed by atoms with Gasteiger partial charge >= 0.3 is 0 Å². The molecule has 2 aliphatic carbocycles. The number of ether oxygens (including phenoxy) is 1. The molecule has 23 heavy (non-hydrogen) atoms. The molecule has 0 spiro atoms. The third-order valence-corrected chi connectivity index (χ3v) is 4.61. The molecule has 1 unspecified atom stereocenters. The molecular weight excluding hydrogens is 288 g/mol. The highest BCUT2D eigenvalue weighted by Crippen LogP contribution is 2.40. The van der Waals surface area contributed by atoms with Crippen molar-refractivity contribution >= 4 is 5.82 Å². The van der Waals surface area contributed by atoms with Crippen LogP contribution in [0.25, 0.3) is 0 Å². The van der Waals surface area contributed by atoms with Gasteiger partial charge in [0.1, 0.15) is 29.0 Å². The maximum Gasteiger partial charge on any atom is 0.148 e. The molecular formula is C18H18N4O. The van der Waals surface area contributed by atoms with Crippen molar-refractivity contribution in [3.63, 3.8) is 0 Å². The number of aromatic nitrogens is 2. The zero-order valence-corrected chi connectivity index (χ0v) is 13.0. The summed E-state index contributed by atoms with van der Waals surface area (Å²) < 4.78 is 5.34. The van der Waals surface area contributed by atoms with Crippen LogP contribution in [0.4, 0.5) is 5.82 Å². The van der Waals surface area contributed by atoms with Gasteiger partial charge in [0.15, 0.2) is 0 Å². The Balaban J connectivity index is 1.65. The number of benzene rings is 1. The maximum atomic E-state index is 9.32. The van der Waals surface area contributed by atoms with Gasteiger partial charge in [-0.3, -0.25) is 0 Å². The molecule has 1 aromatic heterocycles. The van der Waals surface area contributed by atoms with Crippen LogP contribution in [0.5, 0.6) is 5.75 Å². The number of hydrogen-bond donors (Lipinski definition) is 1. The van der Waals surface area contributed by atoms with Crippen LogP contribution in [0.3, 0.4) is 0 Å². The van der Waals surface area contributed by atoms with E-state index in [1.807, 2.05) is 6.07 Å². The van der Waals surface area contributed by atoms with E-state index in [0.717, 1.165) is 37.3 Å². The van der Waals surface area contributed by atoms with Crippen LogP contribution < -0.4 is 10.1 Å². The van der Waals surface area contributed by atoms with Crippen LogP contribution in [-0.4, -0.2) is 17.1 Å². The molecule has 2 aliphatic rings. The van der Waals surface area contributed by atoms with Gasteiger partial charge in [-0.1, -0.05) is 6.07 Å². The third kappa shape index (κ3) is 2.61. The molecule has 5 nitrogen and oxygen atoms in total. The highest BCUT2D eigenvalue weighted by Gasteiger charge is 2.29. The fourth-order valence-corrected chi connectivity index (χ4v) is 3.15. The summed E-state index contributed by atoms with van der Waals surface area (Å²) in [4.78, 5) is 8.93. The minimum absolute atomic E-state index is 0.161. The molecule has 4 rings (SSSR count). The highest BCUT2D eigenvalue weighted by atomic mass is 16.5. The second-order valence-electron chi connectivity index (χ2n) is 6.18. The fraction of sp³-hybridized carbons (Fsp3) is 0.389. The largest absolute Gasteiger partial charge is 0.497 e. The van der Waals surface area contributed by atoms with Gasteiger partial charge in [-0.05, 0) is 48.9 Å². The Kier molecular flexibility index (Phi) is 3.38. The lowest BCUT2D eigenvalue weighted by Gasteiger charge is -2.16. The topological polar surface area (TPSA) is 70.8 Å². The smallest absolute Gasteiger partial charge is 0.148 e. The first-order valence-corrected chi connectivity index (χ1v) is 7.99. The molecule has 5 heteroatoms. The molecule has 0 aliphatic heterocycles. The fourth-order valence-electron chi connectivity index (χ4n) is 3.15. The number of nitrogens with one attached hydrogen (secondary N) is 1. The number of nitrogens with zero attached hydrogens (tertiary/aromatic N) is 3. The zero-order chi connectivity index (χ0) is 15.8. The van der Waals surface area contributed by atoms with Crippen LogP contribution in [0.15, 0.2) is 24.4 Å². The van der Waals surface area contributed by atoms with E-state index in [2.05, 4.69) is 33.5 Å². The molecule has 0 bridgehead atoms. The van der Waals surface area contributed by atoms with Gasteiger partial charge in [-0.2, -0.15) is 5.26 Å².